The van der Waals surface area contributed by atoms with Gasteiger partial charge in [-0.3, -0.25) is 4.79 Å². The number of likely N-dealkylation sites (tertiary alicyclic amines) is 1. The average molecular weight is 400 g/mol. The molecule has 1 atom stereocenters. The molecule has 6 heteroatoms. The third-order valence-corrected chi connectivity index (χ3v) is 5.95. The Morgan fingerprint density at radius 3 is 2.61 bits per heavy atom. The Hall–Kier alpha value is -2.11. The van der Waals surface area contributed by atoms with Gasteiger partial charge in [0.2, 0.25) is 0 Å². The molecule has 5 nitrogen and oxygen atoms in total. The van der Waals surface area contributed by atoms with E-state index in [1.54, 1.807) is 12.3 Å². The smallest absolute Gasteiger partial charge is 0.255 e. The van der Waals surface area contributed by atoms with Crippen molar-refractivity contribution >= 4 is 23.3 Å². The lowest BCUT2D eigenvalue weighted by Crippen LogP contribution is -2.48. The lowest BCUT2D eigenvalue weighted by molar-refractivity contribution is -0.0467. The van der Waals surface area contributed by atoms with Crippen molar-refractivity contribution in [1.82, 2.24) is 9.88 Å². The number of piperidine rings is 1. The van der Waals surface area contributed by atoms with Crippen LogP contribution in [0.15, 0.2) is 42.6 Å². The Kier molecular flexibility index (Phi) is 5.56. The normalized spacial score (nSPS) is 22.9. The minimum absolute atomic E-state index is 0.0248. The van der Waals surface area contributed by atoms with Gasteiger partial charge in [-0.25, -0.2) is 4.98 Å². The molecule has 3 heterocycles. The first-order valence-corrected chi connectivity index (χ1v) is 10.3. The van der Waals surface area contributed by atoms with Gasteiger partial charge in [-0.2, -0.15) is 0 Å². The van der Waals surface area contributed by atoms with Crippen molar-refractivity contribution in [2.45, 2.75) is 31.8 Å². The molecule has 1 aromatic heterocycles. The predicted molar refractivity (Wildman–Crippen MR) is 111 cm³/mol. The summed E-state index contributed by atoms with van der Waals surface area (Å²) in [5.41, 5.74) is 1.27. The molecule has 2 saturated heterocycles. The van der Waals surface area contributed by atoms with Crippen LogP contribution >= 0.6 is 11.6 Å². The van der Waals surface area contributed by atoms with E-state index in [2.05, 4.69) is 28.9 Å². The third kappa shape index (κ3) is 3.87. The summed E-state index contributed by atoms with van der Waals surface area (Å²) in [7, 11) is 0. The molecule has 0 aliphatic carbocycles. The standard InChI is InChI=1S/C22H26ClN3O2/c1-22(18-8-4-2-5-9-18)16-26(12-13-28-22)20-19(23)14-17(15-24-20)21(27)25-10-6-3-7-11-25/h2,4-5,8-9,14-15H,3,6-7,10-13,16H2,1H3. The van der Waals surface area contributed by atoms with Crippen molar-refractivity contribution < 1.29 is 9.53 Å². The first-order valence-electron chi connectivity index (χ1n) is 9.96. The number of rotatable bonds is 3. The van der Waals surface area contributed by atoms with E-state index < -0.39 is 5.60 Å². The lowest BCUT2D eigenvalue weighted by Gasteiger charge is -2.41. The zero-order valence-corrected chi connectivity index (χ0v) is 17.0. The summed E-state index contributed by atoms with van der Waals surface area (Å²) in [6.07, 6.45) is 4.99. The minimum Gasteiger partial charge on any atom is -0.367 e. The lowest BCUT2D eigenvalue weighted by atomic mass is 9.94. The maximum absolute atomic E-state index is 12.7. The molecule has 4 rings (SSSR count). The van der Waals surface area contributed by atoms with Gasteiger partial charge in [0.1, 0.15) is 11.4 Å². The fourth-order valence-electron chi connectivity index (χ4n) is 4.08. The van der Waals surface area contributed by atoms with Crippen LogP contribution in [0.5, 0.6) is 0 Å². The monoisotopic (exact) mass is 399 g/mol. The second-order valence-electron chi connectivity index (χ2n) is 7.75. The molecule has 2 aromatic rings. The number of morpholine rings is 1. The SMILES string of the molecule is CC1(c2ccccc2)CN(c2ncc(C(=O)N3CCCCC3)cc2Cl)CCO1. The molecule has 0 radical (unpaired) electrons. The number of carbonyl (C=O) groups excluding carboxylic acids is 1. The average Bonchev–Trinajstić information content (AvgIpc) is 2.74. The van der Waals surface area contributed by atoms with E-state index in [9.17, 15) is 4.79 Å². The van der Waals surface area contributed by atoms with Gasteiger partial charge in [0.15, 0.2) is 0 Å². The summed E-state index contributed by atoms with van der Waals surface area (Å²) in [4.78, 5) is 21.3. The summed E-state index contributed by atoms with van der Waals surface area (Å²) in [5, 5.41) is 0.514. The number of halogens is 1. The van der Waals surface area contributed by atoms with Crippen LogP contribution in [-0.4, -0.2) is 48.6 Å². The Balaban J connectivity index is 1.53. The van der Waals surface area contributed by atoms with E-state index in [0.29, 0.717) is 36.1 Å². The number of ether oxygens (including phenoxy) is 1. The zero-order valence-electron chi connectivity index (χ0n) is 16.2. The summed E-state index contributed by atoms with van der Waals surface area (Å²) < 4.78 is 6.11. The fourth-order valence-corrected chi connectivity index (χ4v) is 4.36. The highest BCUT2D eigenvalue weighted by Crippen LogP contribution is 2.34. The van der Waals surface area contributed by atoms with E-state index in [1.165, 1.54) is 6.42 Å². The van der Waals surface area contributed by atoms with E-state index in [-0.39, 0.29) is 5.91 Å². The topological polar surface area (TPSA) is 45.7 Å². The van der Waals surface area contributed by atoms with Gasteiger partial charge >= 0.3 is 0 Å². The summed E-state index contributed by atoms with van der Waals surface area (Å²) in [6, 6.07) is 12.0. The zero-order chi connectivity index (χ0) is 19.6. The molecule has 28 heavy (non-hydrogen) atoms. The van der Waals surface area contributed by atoms with Crippen LogP contribution in [0.1, 0.15) is 42.1 Å². The van der Waals surface area contributed by atoms with Crippen LogP contribution in [0.2, 0.25) is 5.02 Å². The van der Waals surface area contributed by atoms with Gasteiger partial charge in [0.25, 0.3) is 5.91 Å². The highest BCUT2D eigenvalue weighted by atomic mass is 35.5. The number of benzene rings is 1. The van der Waals surface area contributed by atoms with Crippen LogP contribution in [0.3, 0.4) is 0 Å². The van der Waals surface area contributed by atoms with Gasteiger partial charge in [-0.05, 0) is 37.8 Å². The molecule has 2 fully saturated rings. The van der Waals surface area contributed by atoms with Crippen LogP contribution in [0.25, 0.3) is 0 Å². The van der Waals surface area contributed by atoms with Crippen molar-refractivity contribution in [3.63, 3.8) is 0 Å². The van der Waals surface area contributed by atoms with E-state index in [1.807, 2.05) is 23.1 Å². The molecular weight excluding hydrogens is 374 g/mol. The van der Waals surface area contributed by atoms with Crippen molar-refractivity contribution in [2.24, 2.45) is 0 Å². The van der Waals surface area contributed by atoms with Gasteiger partial charge in [-0.1, -0.05) is 41.9 Å². The van der Waals surface area contributed by atoms with Crippen molar-refractivity contribution in [3.8, 4) is 0 Å². The quantitative estimate of drug-likeness (QED) is 0.779. The number of anilines is 1. The van der Waals surface area contributed by atoms with E-state index in [0.717, 1.165) is 31.5 Å². The first-order chi connectivity index (χ1) is 13.6. The van der Waals surface area contributed by atoms with Gasteiger partial charge in [0, 0.05) is 25.8 Å². The van der Waals surface area contributed by atoms with Gasteiger partial charge in [-0.15, -0.1) is 0 Å². The first kappa shape index (κ1) is 19.2. The number of aromatic nitrogens is 1. The number of hydrogen-bond donors (Lipinski definition) is 0. The Morgan fingerprint density at radius 2 is 1.89 bits per heavy atom. The number of hydrogen-bond acceptors (Lipinski definition) is 4. The highest BCUT2D eigenvalue weighted by Gasteiger charge is 2.35. The number of carbonyl (C=O) groups is 1. The molecule has 0 saturated carbocycles. The maximum Gasteiger partial charge on any atom is 0.255 e. The number of nitrogens with zero attached hydrogens (tertiary/aromatic N) is 3. The summed E-state index contributed by atoms with van der Waals surface area (Å²) in [5.74, 6) is 0.735. The van der Waals surface area contributed by atoms with E-state index >= 15 is 0 Å². The Labute approximate surface area is 171 Å². The molecule has 1 aromatic carbocycles. The largest absolute Gasteiger partial charge is 0.367 e. The molecule has 0 spiro atoms. The number of amides is 1. The fraction of sp³-hybridized carbons (Fsp3) is 0.455. The third-order valence-electron chi connectivity index (χ3n) is 5.67. The molecule has 2 aliphatic rings. The molecule has 0 bridgehead atoms. The molecule has 1 amide bonds. The van der Waals surface area contributed by atoms with Crippen molar-refractivity contribution in [1.29, 1.82) is 0 Å². The summed E-state index contributed by atoms with van der Waals surface area (Å²) >= 11 is 6.57. The predicted octanol–water partition coefficient (Wildman–Crippen LogP) is 4.11. The maximum atomic E-state index is 12.7. The van der Waals surface area contributed by atoms with E-state index in [4.69, 9.17) is 16.3 Å². The molecule has 1 unspecified atom stereocenters. The molecule has 2 aliphatic heterocycles. The van der Waals surface area contributed by atoms with Gasteiger partial charge in [0.05, 0.1) is 23.7 Å². The molecule has 148 valence electrons. The Morgan fingerprint density at radius 1 is 1.14 bits per heavy atom. The molecular formula is C22H26ClN3O2. The highest BCUT2D eigenvalue weighted by molar-refractivity contribution is 6.33. The molecule has 0 N–H and O–H groups in total. The van der Waals surface area contributed by atoms with Crippen molar-refractivity contribution in [3.05, 3.63) is 58.7 Å². The minimum atomic E-state index is -0.424. The van der Waals surface area contributed by atoms with Crippen LogP contribution in [0.4, 0.5) is 5.82 Å². The second kappa shape index (κ2) is 8.10. The Bertz CT molecular complexity index is 839. The number of pyridine rings is 1. The van der Waals surface area contributed by atoms with Gasteiger partial charge < -0.3 is 14.5 Å². The second-order valence-corrected chi connectivity index (χ2v) is 8.16. The van der Waals surface area contributed by atoms with Crippen LogP contribution in [-0.2, 0) is 10.3 Å². The summed E-state index contributed by atoms with van der Waals surface area (Å²) in [6.45, 7) is 5.69. The van der Waals surface area contributed by atoms with Crippen LogP contribution < -0.4 is 4.90 Å². The van der Waals surface area contributed by atoms with Crippen molar-refractivity contribution in [2.75, 3.05) is 37.7 Å². The van der Waals surface area contributed by atoms with Crippen LogP contribution in [0, 0.1) is 0 Å².